The van der Waals surface area contributed by atoms with Gasteiger partial charge in [0.25, 0.3) is 5.91 Å². The molecule has 1 atom stereocenters. The van der Waals surface area contributed by atoms with Crippen LogP contribution in [0.1, 0.15) is 35.8 Å². The van der Waals surface area contributed by atoms with Crippen molar-refractivity contribution in [3.8, 4) is 0 Å². The molecule has 24 heavy (non-hydrogen) atoms. The van der Waals surface area contributed by atoms with E-state index in [1.165, 1.54) is 17.8 Å². The number of likely N-dealkylation sites (N-methyl/N-ethyl adjacent to an activating group) is 1. The number of benzene rings is 1. The summed E-state index contributed by atoms with van der Waals surface area (Å²) >= 11 is 11.7. The molecule has 0 saturated carbocycles. The highest BCUT2D eigenvalue weighted by molar-refractivity contribution is 6.41. The standard InChI is InChI=1S/C18H21Cl2N3O/c1-3-23(4-2)16(13-8-6-5-7-9-13)12-22-18(24)14-10-15(19)17(20)21-11-14/h5-11,16H,3-4,12H2,1-2H3,(H,22,24). The summed E-state index contributed by atoms with van der Waals surface area (Å²) in [6.07, 6.45) is 1.43. The largest absolute Gasteiger partial charge is 0.350 e. The van der Waals surface area contributed by atoms with Crippen LogP contribution in [0.25, 0.3) is 0 Å². The molecule has 0 bridgehead atoms. The Balaban J connectivity index is 2.12. The number of aromatic nitrogens is 1. The Kier molecular flexibility index (Phi) is 7.03. The molecule has 0 saturated heterocycles. The van der Waals surface area contributed by atoms with E-state index >= 15 is 0 Å². The van der Waals surface area contributed by atoms with Crippen LogP contribution in [0.3, 0.4) is 0 Å². The zero-order valence-electron chi connectivity index (χ0n) is 13.8. The molecular formula is C18H21Cl2N3O. The minimum atomic E-state index is -0.214. The summed E-state index contributed by atoms with van der Waals surface area (Å²) in [6.45, 7) is 6.54. The Morgan fingerprint density at radius 3 is 2.46 bits per heavy atom. The first-order chi connectivity index (χ1) is 11.6. The van der Waals surface area contributed by atoms with Crippen molar-refractivity contribution in [3.05, 3.63) is 63.9 Å². The van der Waals surface area contributed by atoms with Gasteiger partial charge in [-0.25, -0.2) is 4.98 Å². The van der Waals surface area contributed by atoms with Crippen LogP contribution in [0.4, 0.5) is 0 Å². The number of hydrogen-bond donors (Lipinski definition) is 1. The van der Waals surface area contributed by atoms with Gasteiger partial charge in [0.1, 0.15) is 5.15 Å². The number of amides is 1. The molecule has 0 aliphatic carbocycles. The summed E-state index contributed by atoms with van der Waals surface area (Å²) in [7, 11) is 0. The second-order valence-corrected chi connectivity index (χ2v) is 6.12. The van der Waals surface area contributed by atoms with Gasteiger partial charge in [0.2, 0.25) is 0 Å². The molecule has 0 aliphatic heterocycles. The maximum atomic E-state index is 12.4. The summed E-state index contributed by atoms with van der Waals surface area (Å²) in [5.74, 6) is -0.214. The maximum absolute atomic E-state index is 12.4. The van der Waals surface area contributed by atoms with Crippen molar-refractivity contribution in [1.29, 1.82) is 0 Å². The molecule has 0 spiro atoms. The third-order valence-electron chi connectivity index (χ3n) is 3.95. The van der Waals surface area contributed by atoms with Crippen LogP contribution in [-0.2, 0) is 0 Å². The average molecular weight is 366 g/mol. The summed E-state index contributed by atoms with van der Waals surface area (Å²) in [5, 5.41) is 3.44. The molecule has 1 heterocycles. The van der Waals surface area contributed by atoms with Crippen LogP contribution < -0.4 is 5.32 Å². The summed E-state index contributed by atoms with van der Waals surface area (Å²) in [6, 6.07) is 11.8. The van der Waals surface area contributed by atoms with Crippen LogP contribution >= 0.6 is 23.2 Å². The molecule has 0 aliphatic rings. The Morgan fingerprint density at radius 1 is 1.21 bits per heavy atom. The predicted molar refractivity (Wildman–Crippen MR) is 98.7 cm³/mol. The SMILES string of the molecule is CCN(CC)C(CNC(=O)c1cnc(Cl)c(Cl)c1)c1ccccc1. The average Bonchev–Trinajstić information content (AvgIpc) is 2.61. The highest BCUT2D eigenvalue weighted by Gasteiger charge is 2.19. The minimum Gasteiger partial charge on any atom is -0.350 e. The minimum absolute atomic E-state index is 0.112. The highest BCUT2D eigenvalue weighted by Crippen LogP contribution is 2.21. The molecule has 1 unspecified atom stereocenters. The summed E-state index contributed by atoms with van der Waals surface area (Å²) in [4.78, 5) is 18.6. The van der Waals surface area contributed by atoms with Crippen molar-refractivity contribution < 1.29 is 4.79 Å². The van der Waals surface area contributed by atoms with Crippen molar-refractivity contribution in [3.63, 3.8) is 0 Å². The molecule has 2 aromatic rings. The van der Waals surface area contributed by atoms with Crippen LogP contribution in [-0.4, -0.2) is 35.4 Å². The smallest absolute Gasteiger partial charge is 0.252 e. The van der Waals surface area contributed by atoms with Crippen molar-refractivity contribution in [2.24, 2.45) is 0 Å². The zero-order valence-corrected chi connectivity index (χ0v) is 15.3. The lowest BCUT2D eigenvalue weighted by molar-refractivity contribution is 0.0934. The monoisotopic (exact) mass is 365 g/mol. The van der Waals surface area contributed by atoms with Gasteiger partial charge in [-0.1, -0.05) is 67.4 Å². The number of carbonyl (C=O) groups is 1. The van der Waals surface area contributed by atoms with Crippen molar-refractivity contribution >= 4 is 29.1 Å². The first kappa shape index (κ1) is 18.7. The van der Waals surface area contributed by atoms with E-state index in [4.69, 9.17) is 23.2 Å². The van der Waals surface area contributed by atoms with Gasteiger partial charge in [-0.15, -0.1) is 0 Å². The molecule has 128 valence electrons. The van der Waals surface area contributed by atoms with E-state index < -0.39 is 0 Å². The molecular weight excluding hydrogens is 345 g/mol. The topological polar surface area (TPSA) is 45.2 Å². The van der Waals surface area contributed by atoms with Gasteiger partial charge in [-0.05, 0) is 24.7 Å². The lowest BCUT2D eigenvalue weighted by Gasteiger charge is -2.30. The summed E-state index contributed by atoms with van der Waals surface area (Å²) < 4.78 is 0. The highest BCUT2D eigenvalue weighted by atomic mass is 35.5. The van der Waals surface area contributed by atoms with Gasteiger partial charge >= 0.3 is 0 Å². The van der Waals surface area contributed by atoms with E-state index in [0.717, 1.165) is 13.1 Å². The molecule has 1 aromatic heterocycles. The Bertz CT molecular complexity index is 675. The molecule has 1 amide bonds. The first-order valence-electron chi connectivity index (χ1n) is 7.95. The number of pyridine rings is 1. The summed E-state index contributed by atoms with van der Waals surface area (Å²) in [5.41, 5.74) is 1.57. The molecule has 0 fully saturated rings. The quantitative estimate of drug-likeness (QED) is 0.747. The fourth-order valence-electron chi connectivity index (χ4n) is 2.63. The molecule has 2 rings (SSSR count). The number of carbonyl (C=O) groups excluding carboxylic acids is 1. The van der Waals surface area contributed by atoms with Gasteiger partial charge < -0.3 is 5.32 Å². The first-order valence-corrected chi connectivity index (χ1v) is 8.70. The fourth-order valence-corrected chi connectivity index (χ4v) is 2.90. The van der Waals surface area contributed by atoms with E-state index in [-0.39, 0.29) is 22.1 Å². The van der Waals surface area contributed by atoms with Crippen LogP contribution in [0.15, 0.2) is 42.6 Å². The van der Waals surface area contributed by atoms with Gasteiger partial charge in [0.05, 0.1) is 16.6 Å². The third-order valence-corrected chi connectivity index (χ3v) is 4.64. The Hall–Kier alpha value is -1.62. The number of hydrogen-bond acceptors (Lipinski definition) is 3. The van der Waals surface area contributed by atoms with E-state index in [0.29, 0.717) is 12.1 Å². The van der Waals surface area contributed by atoms with Gasteiger partial charge in [0, 0.05) is 12.7 Å². The molecule has 0 radical (unpaired) electrons. The lowest BCUT2D eigenvalue weighted by atomic mass is 10.0. The van der Waals surface area contributed by atoms with Crippen molar-refractivity contribution in [1.82, 2.24) is 15.2 Å². The number of rotatable bonds is 7. The van der Waals surface area contributed by atoms with E-state index in [1.54, 1.807) is 0 Å². The lowest BCUT2D eigenvalue weighted by Crippen LogP contribution is -2.38. The maximum Gasteiger partial charge on any atom is 0.252 e. The Morgan fingerprint density at radius 2 is 1.88 bits per heavy atom. The van der Waals surface area contributed by atoms with Gasteiger partial charge in [0.15, 0.2) is 0 Å². The van der Waals surface area contributed by atoms with Gasteiger partial charge in [-0.3, -0.25) is 9.69 Å². The van der Waals surface area contributed by atoms with E-state index in [1.807, 2.05) is 18.2 Å². The fraction of sp³-hybridized carbons (Fsp3) is 0.333. The van der Waals surface area contributed by atoms with Gasteiger partial charge in [-0.2, -0.15) is 0 Å². The van der Waals surface area contributed by atoms with E-state index in [9.17, 15) is 4.79 Å². The van der Waals surface area contributed by atoms with Crippen molar-refractivity contribution in [2.45, 2.75) is 19.9 Å². The molecule has 6 heteroatoms. The third kappa shape index (κ3) is 4.69. The normalized spacial score (nSPS) is 12.2. The predicted octanol–water partition coefficient (Wildman–Crippen LogP) is 4.20. The van der Waals surface area contributed by atoms with E-state index in [2.05, 4.69) is 41.2 Å². The molecule has 1 aromatic carbocycles. The van der Waals surface area contributed by atoms with Crippen molar-refractivity contribution in [2.75, 3.05) is 19.6 Å². The number of nitrogens with one attached hydrogen (secondary N) is 1. The Labute approximate surface area is 152 Å². The van der Waals surface area contributed by atoms with Crippen LogP contribution in [0, 0.1) is 0 Å². The van der Waals surface area contributed by atoms with Crippen LogP contribution in [0.2, 0.25) is 10.2 Å². The molecule has 1 N–H and O–H groups in total. The molecule has 4 nitrogen and oxygen atoms in total. The second kappa shape index (κ2) is 9.02. The second-order valence-electron chi connectivity index (χ2n) is 5.35. The van der Waals surface area contributed by atoms with Crippen LogP contribution in [0.5, 0.6) is 0 Å². The zero-order chi connectivity index (χ0) is 17.5. The number of halogens is 2. The number of nitrogens with zero attached hydrogens (tertiary/aromatic N) is 2.